The average Bonchev–Trinajstić information content (AvgIpc) is 3.95. The van der Waals surface area contributed by atoms with Gasteiger partial charge in [-0.05, 0) is 109 Å². The van der Waals surface area contributed by atoms with Gasteiger partial charge in [0.15, 0.2) is 29.8 Å². The maximum Gasteiger partial charge on any atom is 0.306 e. The fraction of sp³-hybridized carbons (Fsp3) is 0.766. The number of ether oxygens (including phenoxy) is 9. The van der Waals surface area contributed by atoms with Crippen LogP contribution in [0.15, 0.2) is 30.0 Å². The first-order valence-corrected chi connectivity index (χ1v) is 22.8. The second-order valence-corrected chi connectivity index (χ2v) is 18.7. The lowest BCUT2D eigenvalue weighted by Gasteiger charge is -2.44. The Morgan fingerprint density at radius 3 is 2.34 bits per heavy atom. The van der Waals surface area contributed by atoms with Gasteiger partial charge in [-0.1, -0.05) is 19.9 Å². The molecule has 0 spiro atoms. The number of methoxy groups -OCH3 is 4. The van der Waals surface area contributed by atoms with Crippen molar-refractivity contribution in [2.24, 2.45) is 23.7 Å². The molecular weight excluding hydrogens is 783 g/mol. The smallest absolute Gasteiger partial charge is 0.306 e. The van der Waals surface area contributed by atoms with Crippen molar-refractivity contribution < 1.29 is 52.2 Å². The molecule has 0 bridgehead atoms. The highest BCUT2D eigenvalue weighted by atomic mass is 16.7. The summed E-state index contributed by atoms with van der Waals surface area (Å²) in [4.78, 5) is 36.8. The first-order valence-electron chi connectivity index (χ1n) is 22.8. The zero-order valence-corrected chi connectivity index (χ0v) is 37.8. The fourth-order valence-electron chi connectivity index (χ4n) is 12.1. The summed E-state index contributed by atoms with van der Waals surface area (Å²) in [5.74, 6) is -0.633. The van der Waals surface area contributed by atoms with Gasteiger partial charge in [-0.25, -0.2) is 4.98 Å². The van der Waals surface area contributed by atoms with Gasteiger partial charge in [-0.15, -0.1) is 0 Å². The van der Waals surface area contributed by atoms with E-state index in [0.717, 1.165) is 42.7 Å². The lowest BCUT2D eigenvalue weighted by atomic mass is 9.66. The number of likely N-dealkylation sites (N-methyl/N-ethyl adjacent to an activating group) is 1. The molecule has 3 aliphatic carbocycles. The van der Waals surface area contributed by atoms with Crippen molar-refractivity contribution in [3.8, 4) is 5.75 Å². The van der Waals surface area contributed by atoms with E-state index in [0.29, 0.717) is 43.0 Å². The lowest BCUT2D eigenvalue weighted by molar-refractivity contribution is -0.314. The van der Waals surface area contributed by atoms with Crippen molar-refractivity contribution in [1.29, 1.82) is 0 Å². The number of esters is 1. The molecule has 2 aromatic rings. The summed E-state index contributed by atoms with van der Waals surface area (Å²) in [6.07, 6.45) is 7.01. The Labute approximate surface area is 361 Å². The normalized spacial score (nSPS) is 40.6. The highest BCUT2D eigenvalue weighted by molar-refractivity contribution is 5.99. The SMILES string of the molecule is CC[C@H]1CCC[C@H](O[C@H]2CC[C@H](N(C)C)C(C)O2)[C@@H](C)C(=O)C2=C[C@H]3[C@@H]4C[C@H](O[C@@H]5OC(C)[C@H](OC)C(OC)[C@@H]5OC)C[C@H]4c4c(nc5c(OC)cccn45)[C@H]3[C@@H]2CC(=O)O1. The van der Waals surface area contributed by atoms with Gasteiger partial charge < -0.3 is 51.9 Å². The number of carbonyl (C=O) groups is 2. The van der Waals surface area contributed by atoms with Crippen LogP contribution in [0.25, 0.3) is 5.65 Å². The van der Waals surface area contributed by atoms with Crippen LogP contribution in [0.2, 0.25) is 0 Å². The number of pyridine rings is 1. The van der Waals surface area contributed by atoms with Crippen molar-refractivity contribution >= 4 is 17.4 Å². The molecule has 0 amide bonds. The van der Waals surface area contributed by atoms with Crippen LogP contribution in [0.3, 0.4) is 0 Å². The summed E-state index contributed by atoms with van der Waals surface area (Å²) < 4.78 is 58.6. The maximum absolute atomic E-state index is 15.2. The van der Waals surface area contributed by atoms with E-state index >= 15 is 4.79 Å². The number of nitrogens with zero attached hydrogens (tertiary/aromatic N) is 3. The Morgan fingerprint density at radius 1 is 0.885 bits per heavy atom. The van der Waals surface area contributed by atoms with E-state index in [-0.39, 0.29) is 84.6 Å². The fourth-order valence-corrected chi connectivity index (χ4v) is 12.1. The van der Waals surface area contributed by atoms with Crippen LogP contribution in [-0.2, 0) is 47.5 Å². The van der Waals surface area contributed by atoms with Crippen molar-refractivity contribution in [2.75, 3.05) is 42.5 Å². The molecule has 1 saturated carbocycles. The van der Waals surface area contributed by atoms with Crippen LogP contribution in [0, 0.1) is 23.7 Å². The molecule has 61 heavy (non-hydrogen) atoms. The van der Waals surface area contributed by atoms with Gasteiger partial charge in [0.2, 0.25) is 0 Å². The molecule has 3 aliphatic heterocycles. The molecule has 6 aliphatic rings. The van der Waals surface area contributed by atoms with Gasteiger partial charge in [-0.2, -0.15) is 0 Å². The van der Waals surface area contributed by atoms with Crippen LogP contribution in [0.5, 0.6) is 5.75 Å². The first kappa shape index (κ1) is 44.6. The molecular formula is C47H69N3O11. The number of fused-ring (bicyclic) bond motifs is 10. The topological polar surface area (TPSA) is 138 Å². The minimum absolute atomic E-state index is 0.00230. The zero-order chi connectivity index (χ0) is 43.3. The highest BCUT2D eigenvalue weighted by Crippen LogP contribution is 2.61. The summed E-state index contributed by atoms with van der Waals surface area (Å²) in [6.45, 7) is 8.14. The number of Topliss-reactive ketones (excluding diaryl/α,β-unsaturated/α-hetero) is 1. The van der Waals surface area contributed by atoms with E-state index in [9.17, 15) is 4.79 Å². The zero-order valence-electron chi connectivity index (χ0n) is 37.8. The molecule has 17 atom stereocenters. The molecule has 5 heterocycles. The van der Waals surface area contributed by atoms with E-state index in [1.807, 2.05) is 32.2 Å². The van der Waals surface area contributed by atoms with Crippen molar-refractivity contribution in [3.05, 3.63) is 41.4 Å². The minimum Gasteiger partial charge on any atom is -0.493 e. The number of hydrogen-bond donors (Lipinski definition) is 0. The maximum atomic E-state index is 15.2. The number of imidazole rings is 1. The molecule has 2 aromatic heterocycles. The van der Waals surface area contributed by atoms with Crippen molar-refractivity contribution in [2.45, 2.75) is 165 Å². The highest BCUT2D eigenvalue weighted by Gasteiger charge is 2.57. The van der Waals surface area contributed by atoms with Crippen LogP contribution in [0.4, 0.5) is 0 Å². The quantitative estimate of drug-likeness (QED) is 0.251. The minimum atomic E-state index is -0.679. The molecule has 3 unspecified atom stereocenters. The third-order valence-electron chi connectivity index (χ3n) is 15.1. The molecule has 0 radical (unpaired) electrons. The second-order valence-electron chi connectivity index (χ2n) is 18.7. The summed E-state index contributed by atoms with van der Waals surface area (Å²) in [7, 11) is 10.8. The lowest BCUT2D eigenvalue weighted by Crippen LogP contribution is -2.59. The molecule has 14 nitrogen and oxygen atoms in total. The van der Waals surface area contributed by atoms with Gasteiger partial charge in [-0.3, -0.25) is 9.59 Å². The number of aromatic nitrogens is 2. The number of rotatable bonds is 10. The van der Waals surface area contributed by atoms with Crippen molar-refractivity contribution in [1.82, 2.24) is 14.3 Å². The molecule has 0 aromatic carbocycles. The summed E-state index contributed by atoms with van der Waals surface area (Å²) in [5, 5.41) is 0. The van der Waals surface area contributed by atoms with E-state index in [2.05, 4.69) is 43.3 Å². The Hall–Kier alpha value is -2.95. The van der Waals surface area contributed by atoms with Crippen LogP contribution in [0.1, 0.15) is 109 Å². The molecule has 4 fully saturated rings. The molecule has 338 valence electrons. The van der Waals surface area contributed by atoms with Gasteiger partial charge in [0.05, 0.1) is 43.6 Å². The average molecular weight is 852 g/mol. The summed E-state index contributed by atoms with van der Waals surface area (Å²) in [5.41, 5.74) is 3.40. The first-order chi connectivity index (χ1) is 29.4. The standard InChI is InChI=1S/C47H69N3O11/c1-11-27-14-12-15-35(61-38-18-17-34(49(5)6)25(3)57-38)24(2)42(52)33-22-30-29-20-28(60-47-45(56-10)44(55-9)43(54-8)26(4)58-47)21-32(29)41-40(39(30)31(33)23-37(51)59-27)48-46-36(53-7)16-13-19-50(41)46/h13,16,19,22,24-32,34-35,38-39,43-45,47H,11-12,14-15,17-18,20-21,23H2,1-10H3/t24-,25?,26?,27+,28+,29+,30+,31-,32-,34+,35+,38+,39-,43+,44?,45+,47+/m1/s1. The summed E-state index contributed by atoms with van der Waals surface area (Å²) in [6, 6.07) is 4.21. The van der Waals surface area contributed by atoms with E-state index in [1.54, 1.807) is 28.4 Å². The van der Waals surface area contributed by atoms with Gasteiger partial charge >= 0.3 is 5.97 Å². The molecule has 14 heteroatoms. The van der Waals surface area contributed by atoms with Gasteiger partial charge in [0.25, 0.3) is 0 Å². The Balaban J connectivity index is 1.15. The molecule has 0 N–H and O–H groups in total. The van der Waals surface area contributed by atoms with Gasteiger partial charge in [0, 0.05) is 62.9 Å². The third kappa shape index (κ3) is 8.33. The number of hydrogen-bond acceptors (Lipinski definition) is 13. The number of allylic oxidation sites excluding steroid dienone is 2. The predicted octanol–water partition coefficient (Wildman–Crippen LogP) is 6.22. The van der Waals surface area contributed by atoms with E-state index in [1.165, 1.54) is 0 Å². The van der Waals surface area contributed by atoms with Gasteiger partial charge in [0.1, 0.15) is 24.4 Å². The molecule has 3 saturated heterocycles. The van der Waals surface area contributed by atoms with E-state index < -0.39 is 30.5 Å². The summed E-state index contributed by atoms with van der Waals surface area (Å²) >= 11 is 0. The van der Waals surface area contributed by atoms with Crippen LogP contribution in [-0.4, -0.2) is 136 Å². The Morgan fingerprint density at radius 2 is 1.66 bits per heavy atom. The molecule has 8 rings (SSSR count). The van der Waals surface area contributed by atoms with Crippen LogP contribution >= 0.6 is 0 Å². The Kier molecular flexibility index (Phi) is 13.6. The number of ketones is 1. The van der Waals surface area contributed by atoms with E-state index in [4.69, 9.17) is 47.6 Å². The number of carbonyl (C=O) groups excluding carboxylic acids is 2. The second kappa shape index (κ2) is 18.6. The predicted molar refractivity (Wildman–Crippen MR) is 225 cm³/mol. The largest absolute Gasteiger partial charge is 0.493 e. The van der Waals surface area contributed by atoms with Crippen molar-refractivity contribution in [3.63, 3.8) is 0 Å². The number of cyclic esters (lactones) is 1. The third-order valence-corrected chi connectivity index (χ3v) is 15.1. The van der Waals surface area contributed by atoms with Crippen LogP contribution < -0.4 is 4.74 Å². The monoisotopic (exact) mass is 851 g/mol. The Bertz CT molecular complexity index is 1900.